The summed E-state index contributed by atoms with van der Waals surface area (Å²) in [6.45, 7) is 4.78. The Bertz CT molecular complexity index is 162. The van der Waals surface area contributed by atoms with Crippen molar-refractivity contribution in [3.8, 4) is 0 Å². The van der Waals surface area contributed by atoms with E-state index >= 15 is 0 Å². The van der Waals surface area contributed by atoms with Crippen LogP contribution in [0.1, 0.15) is 19.8 Å². The lowest BCUT2D eigenvalue weighted by Gasteiger charge is -2.18. The van der Waals surface area contributed by atoms with Gasteiger partial charge in [0.2, 0.25) is 0 Å². The van der Waals surface area contributed by atoms with Gasteiger partial charge < -0.3 is 0 Å². The summed E-state index contributed by atoms with van der Waals surface area (Å²) in [4.78, 5) is 0. The maximum absolute atomic E-state index is 12.1. The Morgan fingerprint density at radius 3 is 1.80 bits per heavy atom. The molecule has 3 heteroatoms. The minimum absolute atomic E-state index is 0.228. The van der Waals surface area contributed by atoms with E-state index in [1.807, 2.05) is 0 Å². The molecule has 0 heterocycles. The average Bonchev–Trinajstić information content (AvgIpc) is 2.36. The highest BCUT2D eigenvalue weighted by Gasteiger charge is 2.63. The number of hydrogen-bond donors (Lipinski definition) is 0. The molecule has 0 spiro atoms. The number of alkyl halides is 3. The summed E-state index contributed by atoms with van der Waals surface area (Å²) < 4.78 is 36.3. The molecule has 0 saturated heterocycles. The zero-order valence-corrected chi connectivity index (χ0v) is 5.76. The third kappa shape index (κ3) is 0.842. The van der Waals surface area contributed by atoms with Gasteiger partial charge in [0.15, 0.2) is 0 Å². The second-order valence-corrected chi connectivity index (χ2v) is 2.86. The predicted molar refractivity (Wildman–Crippen MR) is 32.5 cm³/mol. The maximum Gasteiger partial charge on any atom is 0.398 e. The van der Waals surface area contributed by atoms with E-state index in [1.54, 1.807) is 0 Å². The van der Waals surface area contributed by atoms with Crippen LogP contribution in [0.4, 0.5) is 13.2 Å². The first-order chi connectivity index (χ1) is 4.40. The molecular weight excluding hydrogens is 141 g/mol. The molecule has 0 aromatic carbocycles. The average molecular weight is 150 g/mol. The van der Waals surface area contributed by atoms with Crippen molar-refractivity contribution >= 4 is 0 Å². The Kier molecular flexibility index (Phi) is 1.35. The molecule has 0 aromatic rings. The molecule has 58 valence electrons. The van der Waals surface area contributed by atoms with Crippen LogP contribution in [0.25, 0.3) is 0 Å². The van der Waals surface area contributed by atoms with Crippen LogP contribution >= 0.6 is 0 Å². The van der Waals surface area contributed by atoms with E-state index in [-0.39, 0.29) is 18.4 Å². The molecule has 0 bridgehead atoms. The molecule has 10 heavy (non-hydrogen) atoms. The van der Waals surface area contributed by atoms with E-state index < -0.39 is 11.6 Å². The number of hydrogen-bond acceptors (Lipinski definition) is 0. The maximum atomic E-state index is 12.1. The quantitative estimate of drug-likeness (QED) is 0.504. The summed E-state index contributed by atoms with van der Waals surface area (Å²) >= 11 is 0. The fourth-order valence-electron chi connectivity index (χ4n) is 1.08. The molecule has 0 atom stereocenters. The van der Waals surface area contributed by atoms with Crippen LogP contribution in [0.5, 0.6) is 0 Å². The Morgan fingerprint density at radius 2 is 1.80 bits per heavy atom. The standard InChI is InChI=1S/C7H9F3/c1-5(2)6(3-4-6)7(8,9)10/h1,3-4H2,2H3. The van der Waals surface area contributed by atoms with Crippen LogP contribution in [-0.4, -0.2) is 6.18 Å². The topological polar surface area (TPSA) is 0 Å². The van der Waals surface area contributed by atoms with Gasteiger partial charge >= 0.3 is 6.18 Å². The number of halogens is 3. The lowest BCUT2D eigenvalue weighted by atomic mass is 9.98. The van der Waals surface area contributed by atoms with E-state index in [4.69, 9.17) is 0 Å². The zero-order chi connectivity index (χ0) is 7.99. The molecule has 0 aliphatic heterocycles. The fourth-order valence-corrected chi connectivity index (χ4v) is 1.08. The Hall–Kier alpha value is -0.470. The van der Waals surface area contributed by atoms with Gasteiger partial charge in [-0.15, -0.1) is 0 Å². The van der Waals surface area contributed by atoms with E-state index in [9.17, 15) is 13.2 Å². The third-order valence-electron chi connectivity index (χ3n) is 2.11. The van der Waals surface area contributed by atoms with Crippen LogP contribution < -0.4 is 0 Å². The molecule has 1 rings (SSSR count). The van der Waals surface area contributed by atoms with Crippen molar-refractivity contribution in [2.45, 2.75) is 25.9 Å². The molecule has 0 radical (unpaired) electrons. The normalized spacial score (nSPS) is 22.4. The molecular formula is C7H9F3. The van der Waals surface area contributed by atoms with Gasteiger partial charge in [-0.25, -0.2) is 0 Å². The first kappa shape index (κ1) is 7.63. The summed E-state index contributed by atoms with van der Waals surface area (Å²) in [5, 5.41) is 0. The van der Waals surface area contributed by atoms with E-state index in [0.717, 1.165) is 0 Å². The van der Waals surface area contributed by atoms with Crippen molar-refractivity contribution in [3.63, 3.8) is 0 Å². The largest absolute Gasteiger partial charge is 0.398 e. The Morgan fingerprint density at radius 1 is 1.40 bits per heavy atom. The van der Waals surface area contributed by atoms with Gasteiger partial charge in [-0.1, -0.05) is 12.2 Å². The molecule has 0 unspecified atom stereocenters. The fraction of sp³-hybridized carbons (Fsp3) is 0.714. The summed E-state index contributed by atoms with van der Waals surface area (Å²) in [6.07, 6.45) is -3.61. The van der Waals surface area contributed by atoms with Gasteiger partial charge in [-0.3, -0.25) is 0 Å². The molecule has 0 aromatic heterocycles. The molecule has 1 aliphatic rings. The lowest BCUT2D eigenvalue weighted by Crippen LogP contribution is -2.24. The first-order valence-corrected chi connectivity index (χ1v) is 3.13. The number of rotatable bonds is 1. The van der Waals surface area contributed by atoms with Crippen LogP contribution in [0.2, 0.25) is 0 Å². The summed E-state index contributed by atoms with van der Waals surface area (Å²) in [6, 6.07) is 0. The van der Waals surface area contributed by atoms with Crippen molar-refractivity contribution in [1.29, 1.82) is 0 Å². The van der Waals surface area contributed by atoms with Crippen LogP contribution in [0.15, 0.2) is 12.2 Å². The predicted octanol–water partition coefficient (Wildman–Crippen LogP) is 2.91. The van der Waals surface area contributed by atoms with E-state index in [1.165, 1.54) is 6.92 Å². The molecule has 1 aliphatic carbocycles. The molecule has 0 N–H and O–H groups in total. The van der Waals surface area contributed by atoms with Gasteiger partial charge in [0, 0.05) is 0 Å². The minimum Gasteiger partial charge on any atom is -0.170 e. The molecule has 0 amide bonds. The van der Waals surface area contributed by atoms with Gasteiger partial charge in [0.1, 0.15) is 0 Å². The monoisotopic (exact) mass is 150 g/mol. The Balaban J connectivity index is 2.80. The van der Waals surface area contributed by atoms with Gasteiger partial charge in [-0.2, -0.15) is 13.2 Å². The summed E-state index contributed by atoms with van der Waals surface area (Å²) in [5.74, 6) is 0. The SMILES string of the molecule is C=C(C)C1(C(F)(F)F)CC1. The number of allylic oxidation sites excluding steroid dienone is 1. The first-order valence-electron chi connectivity index (χ1n) is 3.13. The highest BCUT2D eigenvalue weighted by Crippen LogP contribution is 2.61. The van der Waals surface area contributed by atoms with Crippen molar-refractivity contribution in [2.75, 3.05) is 0 Å². The van der Waals surface area contributed by atoms with E-state index in [0.29, 0.717) is 0 Å². The molecule has 1 fully saturated rings. The second kappa shape index (κ2) is 1.77. The summed E-state index contributed by atoms with van der Waals surface area (Å²) in [7, 11) is 0. The smallest absolute Gasteiger partial charge is 0.170 e. The van der Waals surface area contributed by atoms with Crippen molar-refractivity contribution in [3.05, 3.63) is 12.2 Å². The third-order valence-corrected chi connectivity index (χ3v) is 2.11. The minimum atomic E-state index is -4.07. The Labute approximate surface area is 57.7 Å². The second-order valence-electron chi connectivity index (χ2n) is 2.86. The van der Waals surface area contributed by atoms with Gasteiger partial charge in [0.25, 0.3) is 0 Å². The lowest BCUT2D eigenvalue weighted by molar-refractivity contribution is -0.174. The summed E-state index contributed by atoms with van der Waals surface area (Å²) in [5.41, 5.74) is -1.26. The van der Waals surface area contributed by atoms with Crippen LogP contribution in [0, 0.1) is 5.41 Å². The molecule has 1 saturated carbocycles. The van der Waals surface area contributed by atoms with Crippen LogP contribution in [-0.2, 0) is 0 Å². The van der Waals surface area contributed by atoms with Gasteiger partial charge in [-0.05, 0) is 19.8 Å². The van der Waals surface area contributed by atoms with Gasteiger partial charge in [0.05, 0.1) is 5.41 Å². The van der Waals surface area contributed by atoms with Crippen molar-refractivity contribution in [2.24, 2.45) is 5.41 Å². The van der Waals surface area contributed by atoms with Crippen molar-refractivity contribution in [1.82, 2.24) is 0 Å². The van der Waals surface area contributed by atoms with Crippen LogP contribution in [0.3, 0.4) is 0 Å². The molecule has 0 nitrogen and oxygen atoms in total. The highest BCUT2D eigenvalue weighted by molar-refractivity contribution is 5.19. The highest BCUT2D eigenvalue weighted by atomic mass is 19.4. The zero-order valence-electron chi connectivity index (χ0n) is 5.76. The van der Waals surface area contributed by atoms with Crippen molar-refractivity contribution < 1.29 is 13.2 Å². The van der Waals surface area contributed by atoms with E-state index in [2.05, 4.69) is 6.58 Å².